The van der Waals surface area contributed by atoms with Gasteiger partial charge >= 0.3 is 0 Å². The molecule has 0 fully saturated rings. The quantitative estimate of drug-likeness (QED) is 0.793. The number of rotatable bonds is 3. The van der Waals surface area contributed by atoms with E-state index in [2.05, 4.69) is 39.8 Å². The van der Waals surface area contributed by atoms with Gasteiger partial charge in [-0.3, -0.25) is 4.90 Å². The Bertz CT molecular complexity index is 322. The topological polar surface area (TPSA) is 29.3 Å². The Balaban J connectivity index is 2.10. The Morgan fingerprint density at radius 3 is 3.00 bits per heavy atom. The van der Waals surface area contributed by atoms with Gasteiger partial charge < -0.3 is 4.52 Å². The summed E-state index contributed by atoms with van der Waals surface area (Å²) in [6.07, 6.45) is 1.00. The lowest BCUT2D eigenvalue weighted by molar-refractivity contribution is 0.213. The van der Waals surface area contributed by atoms with E-state index in [1.54, 1.807) is 0 Å². The highest BCUT2D eigenvalue weighted by atomic mass is 79.9. The number of hydrogen-bond acceptors (Lipinski definition) is 3. The third-order valence-electron chi connectivity index (χ3n) is 2.74. The van der Waals surface area contributed by atoms with Crippen molar-refractivity contribution >= 4 is 15.9 Å². The summed E-state index contributed by atoms with van der Waals surface area (Å²) in [6, 6.07) is 0. The lowest BCUT2D eigenvalue weighted by atomic mass is 10.1. The highest BCUT2D eigenvalue weighted by molar-refractivity contribution is 9.08. The standard InChI is InChI=1S/C11H17BrN2O/c1-8(2)6-14-4-3-11-9(7-14)10(5-12)13-15-11/h8H,3-7H2,1-2H3. The summed E-state index contributed by atoms with van der Waals surface area (Å²) in [5.74, 6) is 1.81. The summed E-state index contributed by atoms with van der Waals surface area (Å²) in [7, 11) is 0. The Morgan fingerprint density at radius 2 is 2.33 bits per heavy atom. The van der Waals surface area contributed by atoms with E-state index in [-0.39, 0.29) is 0 Å². The molecular weight excluding hydrogens is 256 g/mol. The SMILES string of the molecule is CC(C)CN1CCc2onc(CBr)c2C1. The highest BCUT2D eigenvalue weighted by Gasteiger charge is 2.23. The predicted molar refractivity (Wildman–Crippen MR) is 63.0 cm³/mol. The second-order valence-electron chi connectivity index (χ2n) is 4.54. The van der Waals surface area contributed by atoms with E-state index in [4.69, 9.17) is 4.52 Å². The summed E-state index contributed by atoms with van der Waals surface area (Å²) in [5, 5.41) is 4.87. The summed E-state index contributed by atoms with van der Waals surface area (Å²) in [4.78, 5) is 2.48. The van der Waals surface area contributed by atoms with Crippen molar-refractivity contribution in [1.82, 2.24) is 10.1 Å². The Hall–Kier alpha value is -0.350. The van der Waals surface area contributed by atoms with Gasteiger partial charge in [0.15, 0.2) is 0 Å². The van der Waals surface area contributed by atoms with Crippen molar-refractivity contribution in [2.24, 2.45) is 5.92 Å². The molecule has 0 unspecified atom stereocenters. The molecule has 0 aliphatic carbocycles. The van der Waals surface area contributed by atoms with Gasteiger partial charge in [-0.1, -0.05) is 34.9 Å². The van der Waals surface area contributed by atoms with Gasteiger partial charge in [0.1, 0.15) is 5.76 Å². The maximum Gasteiger partial charge on any atom is 0.142 e. The summed E-state index contributed by atoms with van der Waals surface area (Å²) < 4.78 is 5.32. The van der Waals surface area contributed by atoms with Gasteiger partial charge in [-0.25, -0.2) is 0 Å². The van der Waals surface area contributed by atoms with E-state index < -0.39 is 0 Å². The zero-order valence-corrected chi connectivity index (χ0v) is 10.9. The molecule has 0 aromatic carbocycles. The van der Waals surface area contributed by atoms with E-state index in [9.17, 15) is 0 Å². The number of nitrogens with zero attached hydrogens (tertiary/aromatic N) is 2. The normalized spacial score (nSPS) is 17.1. The maximum absolute atomic E-state index is 5.32. The molecule has 1 aromatic rings. The number of fused-ring (bicyclic) bond motifs is 1. The largest absolute Gasteiger partial charge is 0.361 e. The fourth-order valence-corrected chi connectivity index (χ4v) is 2.54. The van der Waals surface area contributed by atoms with Crippen LogP contribution in [0.15, 0.2) is 4.52 Å². The van der Waals surface area contributed by atoms with Crippen molar-refractivity contribution in [3.63, 3.8) is 0 Å². The summed E-state index contributed by atoms with van der Waals surface area (Å²) in [5.41, 5.74) is 2.37. The molecule has 15 heavy (non-hydrogen) atoms. The molecule has 0 amide bonds. The van der Waals surface area contributed by atoms with Gasteiger partial charge in [0, 0.05) is 36.9 Å². The Kier molecular flexibility index (Phi) is 3.46. The van der Waals surface area contributed by atoms with Crippen molar-refractivity contribution in [3.05, 3.63) is 17.0 Å². The van der Waals surface area contributed by atoms with Crippen molar-refractivity contribution in [3.8, 4) is 0 Å². The van der Waals surface area contributed by atoms with Crippen molar-refractivity contribution in [2.45, 2.75) is 32.1 Å². The average Bonchev–Trinajstić information content (AvgIpc) is 2.59. The van der Waals surface area contributed by atoms with Gasteiger partial charge in [0.25, 0.3) is 0 Å². The smallest absolute Gasteiger partial charge is 0.142 e. The molecule has 1 aromatic heterocycles. The molecule has 1 aliphatic heterocycles. The van der Waals surface area contributed by atoms with Gasteiger partial charge in [-0.15, -0.1) is 0 Å². The van der Waals surface area contributed by atoms with E-state index >= 15 is 0 Å². The van der Waals surface area contributed by atoms with Crippen LogP contribution in [0.3, 0.4) is 0 Å². The summed E-state index contributed by atoms with van der Waals surface area (Å²) in [6.45, 7) is 7.77. The van der Waals surface area contributed by atoms with Crippen LogP contribution in [0.5, 0.6) is 0 Å². The molecule has 0 saturated carbocycles. The number of halogens is 1. The third-order valence-corrected chi connectivity index (χ3v) is 3.27. The van der Waals surface area contributed by atoms with Crippen LogP contribution < -0.4 is 0 Å². The van der Waals surface area contributed by atoms with Crippen molar-refractivity contribution in [1.29, 1.82) is 0 Å². The molecule has 0 spiro atoms. The van der Waals surface area contributed by atoms with Crippen molar-refractivity contribution in [2.75, 3.05) is 13.1 Å². The molecule has 84 valence electrons. The molecule has 0 radical (unpaired) electrons. The van der Waals surface area contributed by atoms with Gasteiger partial charge in [-0.05, 0) is 5.92 Å². The first-order chi connectivity index (χ1) is 7.20. The summed E-state index contributed by atoms with van der Waals surface area (Å²) >= 11 is 3.45. The fourth-order valence-electron chi connectivity index (χ4n) is 2.10. The lowest BCUT2D eigenvalue weighted by Crippen LogP contribution is -2.33. The fraction of sp³-hybridized carbons (Fsp3) is 0.727. The van der Waals surface area contributed by atoms with Gasteiger partial charge in [-0.2, -0.15) is 0 Å². The molecule has 2 heterocycles. The second-order valence-corrected chi connectivity index (χ2v) is 5.10. The molecule has 3 nitrogen and oxygen atoms in total. The molecular formula is C11H17BrN2O. The second kappa shape index (κ2) is 4.66. The Labute approximate surface area is 98.9 Å². The van der Waals surface area contributed by atoms with Crippen LogP contribution in [-0.4, -0.2) is 23.1 Å². The van der Waals surface area contributed by atoms with Gasteiger partial charge in [0.2, 0.25) is 0 Å². The lowest BCUT2D eigenvalue weighted by Gasteiger charge is -2.27. The van der Waals surface area contributed by atoms with E-state index in [1.807, 2.05) is 0 Å². The zero-order valence-electron chi connectivity index (χ0n) is 9.29. The molecule has 0 N–H and O–H groups in total. The highest BCUT2D eigenvalue weighted by Crippen LogP contribution is 2.24. The Morgan fingerprint density at radius 1 is 1.53 bits per heavy atom. The van der Waals surface area contributed by atoms with E-state index in [0.29, 0.717) is 0 Å². The molecule has 0 bridgehead atoms. The van der Waals surface area contributed by atoms with Crippen molar-refractivity contribution < 1.29 is 4.52 Å². The first-order valence-corrected chi connectivity index (χ1v) is 6.57. The van der Waals surface area contributed by atoms with Crippen LogP contribution in [0, 0.1) is 5.92 Å². The molecule has 4 heteroatoms. The zero-order chi connectivity index (χ0) is 10.8. The average molecular weight is 273 g/mol. The first kappa shape index (κ1) is 11.1. The monoisotopic (exact) mass is 272 g/mol. The van der Waals surface area contributed by atoms with Gasteiger partial charge in [0.05, 0.1) is 5.69 Å². The van der Waals surface area contributed by atoms with E-state index in [0.717, 1.165) is 48.8 Å². The minimum Gasteiger partial charge on any atom is -0.361 e. The molecule has 0 saturated heterocycles. The minimum absolute atomic E-state index is 0.721. The van der Waals surface area contributed by atoms with Crippen LogP contribution in [0.1, 0.15) is 30.9 Å². The number of hydrogen-bond donors (Lipinski definition) is 0. The molecule has 0 atom stereocenters. The van der Waals surface area contributed by atoms with Crippen LogP contribution >= 0.6 is 15.9 Å². The van der Waals surface area contributed by atoms with Crippen LogP contribution in [0.2, 0.25) is 0 Å². The minimum atomic E-state index is 0.721. The van der Waals surface area contributed by atoms with Crippen LogP contribution in [0.4, 0.5) is 0 Å². The van der Waals surface area contributed by atoms with E-state index in [1.165, 1.54) is 5.56 Å². The molecule has 2 rings (SSSR count). The molecule has 1 aliphatic rings. The predicted octanol–water partition coefficient (Wildman–Crippen LogP) is 2.58. The van der Waals surface area contributed by atoms with Crippen LogP contribution in [-0.2, 0) is 18.3 Å². The number of aromatic nitrogens is 1. The third kappa shape index (κ3) is 2.42. The maximum atomic E-state index is 5.32. The number of alkyl halides is 1. The first-order valence-electron chi connectivity index (χ1n) is 5.45. The van der Waals surface area contributed by atoms with Crippen LogP contribution in [0.25, 0.3) is 0 Å².